The van der Waals surface area contributed by atoms with Gasteiger partial charge in [-0.05, 0) is 89.9 Å². The highest BCUT2D eigenvalue weighted by Gasteiger charge is 2.44. The van der Waals surface area contributed by atoms with E-state index in [2.05, 4.69) is 40.7 Å². The van der Waals surface area contributed by atoms with Gasteiger partial charge >= 0.3 is 5.97 Å². The van der Waals surface area contributed by atoms with Crippen molar-refractivity contribution < 1.29 is 19.3 Å². The van der Waals surface area contributed by atoms with E-state index < -0.39 is 0 Å². The van der Waals surface area contributed by atoms with Crippen LogP contribution in [-0.4, -0.2) is 24.8 Å². The fourth-order valence-corrected chi connectivity index (χ4v) is 5.99. The molecule has 1 fully saturated rings. The number of hydrogen-bond acceptors (Lipinski definition) is 4. The van der Waals surface area contributed by atoms with Crippen molar-refractivity contribution in [3.63, 3.8) is 0 Å². The first-order valence-corrected chi connectivity index (χ1v) is 11.4. The topological polar surface area (TPSA) is 44.8 Å². The highest BCUT2D eigenvalue weighted by Crippen LogP contribution is 2.54. The Morgan fingerprint density at radius 2 is 2.00 bits per heavy atom. The first kappa shape index (κ1) is 22.6. The molecule has 1 aliphatic heterocycles. The molecule has 2 aliphatic carbocycles. The number of carbonyl (C=O) groups is 1. The molecule has 1 heterocycles. The number of ether oxygens (including phenoxy) is 1. The van der Waals surface area contributed by atoms with Crippen LogP contribution in [0.4, 0.5) is 0 Å². The Hall–Kier alpha value is -1.13. The lowest BCUT2D eigenvalue weighted by molar-refractivity contribution is -0.411. The summed E-state index contributed by atoms with van der Waals surface area (Å²) in [5.74, 6) is 0.907. The fourth-order valence-electron chi connectivity index (χ4n) is 5.99. The highest BCUT2D eigenvalue weighted by molar-refractivity contribution is 5.72. The van der Waals surface area contributed by atoms with Crippen molar-refractivity contribution in [2.75, 3.05) is 7.11 Å². The van der Waals surface area contributed by atoms with E-state index in [9.17, 15) is 4.79 Å². The maximum atomic E-state index is 11.8. The molecule has 3 aliphatic rings. The summed E-state index contributed by atoms with van der Waals surface area (Å²) < 4.78 is 4.84. The second kappa shape index (κ2) is 8.55. The molecular weight excluding hydrogens is 364 g/mol. The third-order valence-corrected chi connectivity index (χ3v) is 7.99. The van der Waals surface area contributed by atoms with Crippen LogP contribution < -0.4 is 0 Å². The monoisotopic (exact) mass is 404 g/mol. The highest BCUT2D eigenvalue weighted by atomic mass is 17.2. The SMILES string of the molecule is COC(=O)[C@H](C)[C@H]1CC[C@@](C)(CCC2=C(C)CC3C=C(C)CCC3C2(C)C)OO1. The van der Waals surface area contributed by atoms with Gasteiger partial charge in [0.05, 0.1) is 13.0 Å². The van der Waals surface area contributed by atoms with Crippen LogP contribution in [0.1, 0.15) is 86.5 Å². The van der Waals surface area contributed by atoms with Crippen LogP contribution >= 0.6 is 0 Å². The van der Waals surface area contributed by atoms with Crippen LogP contribution in [0.5, 0.6) is 0 Å². The van der Waals surface area contributed by atoms with Crippen molar-refractivity contribution in [2.24, 2.45) is 23.2 Å². The van der Waals surface area contributed by atoms with Crippen LogP contribution in [0, 0.1) is 23.2 Å². The number of allylic oxidation sites excluding steroid dienone is 4. The predicted molar refractivity (Wildman–Crippen MR) is 115 cm³/mol. The van der Waals surface area contributed by atoms with E-state index >= 15 is 0 Å². The lowest BCUT2D eigenvalue weighted by Crippen LogP contribution is -2.42. The van der Waals surface area contributed by atoms with Gasteiger partial charge in [-0.3, -0.25) is 4.79 Å². The molecule has 29 heavy (non-hydrogen) atoms. The summed E-state index contributed by atoms with van der Waals surface area (Å²) in [6, 6.07) is 0. The number of fused-ring (bicyclic) bond motifs is 1. The van der Waals surface area contributed by atoms with E-state index in [-0.39, 0.29) is 29.0 Å². The van der Waals surface area contributed by atoms with E-state index in [1.807, 2.05) is 6.92 Å². The van der Waals surface area contributed by atoms with E-state index in [0.717, 1.165) is 31.6 Å². The van der Waals surface area contributed by atoms with E-state index in [1.165, 1.54) is 26.4 Å². The summed E-state index contributed by atoms with van der Waals surface area (Å²) in [6.07, 6.45) is 9.80. The minimum Gasteiger partial charge on any atom is -0.469 e. The van der Waals surface area contributed by atoms with Gasteiger partial charge in [-0.15, -0.1) is 0 Å². The molecule has 2 unspecified atom stereocenters. The molecule has 4 nitrogen and oxygen atoms in total. The number of rotatable bonds is 5. The van der Waals surface area contributed by atoms with Crippen molar-refractivity contribution in [1.29, 1.82) is 0 Å². The summed E-state index contributed by atoms with van der Waals surface area (Å²) in [7, 11) is 1.42. The third kappa shape index (κ3) is 4.64. The van der Waals surface area contributed by atoms with Gasteiger partial charge in [0.25, 0.3) is 0 Å². The van der Waals surface area contributed by atoms with Crippen molar-refractivity contribution in [3.8, 4) is 0 Å². The maximum Gasteiger partial charge on any atom is 0.311 e. The molecule has 0 bridgehead atoms. The van der Waals surface area contributed by atoms with E-state index in [0.29, 0.717) is 5.92 Å². The number of hydrogen-bond donors (Lipinski definition) is 0. The normalized spacial score (nSPS) is 35.6. The Morgan fingerprint density at radius 1 is 1.28 bits per heavy atom. The zero-order chi connectivity index (χ0) is 21.4. The molecule has 3 rings (SSSR count). The summed E-state index contributed by atoms with van der Waals surface area (Å²) in [5, 5.41) is 0. The van der Waals surface area contributed by atoms with Crippen molar-refractivity contribution in [1.82, 2.24) is 0 Å². The van der Waals surface area contributed by atoms with Gasteiger partial charge in [-0.2, -0.15) is 0 Å². The molecule has 4 heteroatoms. The number of carbonyl (C=O) groups excluding carboxylic acids is 1. The Balaban J connectivity index is 1.63. The second-order valence-electron chi connectivity index (χ2n) is 10.5. The van der Waals surface area contributed by atoms with Gasteiger partial charge in [0.1, 0.15) is 11.7 Å². The minimum absolute atomic E-state index is 0.222. The lowest BCUT2D eigenvalue weighted by Gasteiger charge is -2.48. The molecule has 5 atom stereocenters. The molecule has 164 valence electrons. The van der Waals surface area contributed by atoms with Gasteiger partial charge in [0.2, 0.25) is 0 Å². The van der Waals surface area contributed by atoms with Crippen LogP contribution in [0.2, 0.25) is 0 Å². The standard InChI is InChI=1S/C25H40O4/c1-16-8-9-21-19(14-16)15-17(2)20(24(21,4)5)10-12-25(6)13-11-22(28-29-25)18(3)23(26)27-7/h14,18-19,21-22H,8-13,15H2,1-7H3/t18-,19?,21?,22-,25-/m1/s1. The molecule has 0 aromatic rings. The molecule has 0 aromatic carbocycles. The predicted octanol–water partition coefficient (Wildman–Crippen LogP) is 6.16. The molecule has 0 amide bonds. The van der Waals surface area contributed by atoms with Gasteiger partial charge in [0, 0.05) is 0 Å². The van der Waals surface area contributed by atoms with Crippen LogP contribution in [0.15, 0.2) is 22.8 Å². The number of methoxy groups -OCH3 is 1. The molecule has 0 spiro atoms. The molecule has 0 saturated carbocycles. The largest absolute Gasteiger partial charge is 0.469 e. The Bertz CT molecular complexity index is 679. The van der Waals surface area contributed by atoms with E-state index in [4.69, 9.17) is 14.5 Å². The average Bonchev–Trinajstić information content (AvgIpc) is 2.66. The summed E-state index contributed by atoms with van der Waals surface area (Å²) >= 11 is 0. The molecule has 0 radical (unpaired) electrons. The summed E-state index contributed by atoms with van der Waals surface area (Å²) in [6.45, 7) is 13.5. The molecule has 1 saturated heterocycles. The fraction of sp³-hybridized carbons (Fsp3) is 0.800. The van der Waals surface area contributed by atoms with Gasteiger partial charge < -0.3 is 4.74 Å². The molecule has 0 N–H and O–H groups in total. The average molecular weight is 405 g/mol. The molecule has 0 aromatic heterocycles. The van der Waals surface area contributed by atoms with Crippen LogP contribution in [0.25, 0.3) is 0 Å². The second-order valence-corrected chi connectivity index (χ2v) is 10.5. The molecular formula is C25H40O4. The minimum atomic E-state index is -0.300. The Labute approximate surface area is 177 Å². The Morgan fingerprint density at radius 3 is 2.62 bits per heavy atom. The zero-order valence-electron chi connectivity index (χ0n) is 19.5. The third-order valence-electron chi connectivity index (χ3n) is 7.99. The Kier molecular flexibility index (Phi) is 6.65. The van der Waals surface area contributed by atoms with Gasteiger partial charge in [0.15, 0.2) is 0 Å². The summed E-state index contributed by atoms with van der Waals surface area (Å²) in [4.78, 5) is 23.3. The zero-order valence-corrected chi connectivity index (χ0v) is 19.5. The first-order valence-electron chi connectivity index (χ1n) is 11.4. The summed E-state index contributed by atoms with van der Waals surface area (Å²) in [5.41, 5.74) is 4.70. The number of esters is 1. The van der Waals surface area contributed by atoms with Gasteiger partial charge in [-0.25, -0.2) is 9.78 Å². The van der Waals surface area contributed by atoms with Crippen molar-refractivity contribution >= 4 is 5.97 Å². The lowest BCUT2D eigenvalue weighted by atomic mass is 9.57. The smallest absolute Gasteiger partial charge is 0.311 e. The van der Waals surface area contributed by atoms with Crippen molar-refractivity contribution in [2.45, 2.75) is 98.2 Å². The quantitative estimate of drug-likeness (QED) is 0.312. The van der Waals surface area contributed by atoms with Crippen LogP contribution in [-0.2, 0) is 19.3 Å². The first-order chi connectivity index (χ1) is 13.6. The van der Waals surface area contributed by atoms with Crippen LogP contribution in [0.3, 0.4) is 0 Å². The van der Waals surface area contributed by atoms with Gasteiger partial charge in [-0.1, -0.05) is 36.6 Å². The van der Waals surface area contributed by atoms with E-state index in [1.54, 1.807) is 16.7 Å². The van der Waals surface area contributed by atoms with Crippen molar-refractivity contribution in [3.05, 3.63) is 22.8 Å². The maximum absolute atomic E-state index is 11.8.